The molecule has 3 atom stereocenters. The van der Waals surface area contributed by atoms with Gasteiger partial charge in [0.05, 0.1) is 26.4 Å². The van der Waals surface area contributed by atoms with Crippen molar-refractivity contribution in [1.29, 1.82) is 0 Å². The van der Waals surface area contributed by atoms with Crippen molar-refractivity contribution in [3.63, 3.8) is 0 Å². The number of allylic oxidation sites excluding steroid dienone is 1. The Morgan fingerprint density at radius 3 is 1.25 bits per heavy atom. The van der Waals surface area contributed by atoms with E-state index in [1.165, 1.54) is 11.0 Å². The zero-order valence-electron chi connectivity index (χ0n) is 46.6. The molecule has 0 saturated heterocycles. The number of nitrogens with zero attached hydrogens (tertiary/aromatic N) is 1. The fraction of sp³-hybridized carbons (Fsp3) is 0.815. The van der Waals surface area contributed by atoms with Crippen molar-refractivity contribution in [1.82, 2.24) is 10.2 Å². The van der Waals surface area contributed by atoms with Crippen molar-refractivity contribution in [2.45, 2.75) is 221 Å². The summed E-state index contributed by atoms with van der Waals surface area (Å²) in [5, 5.41) is 2.53. The average molecular weight is 984 g/mol. The number of nitrogens with two attached hydrogens (primary N) is 3. The third-order valence-electron chi connectivity index (χ3n) is 10.0. The van der Waals surface area contributed by atoms with E-state index < -0.39 is 35.5 Å². The lowest BCUT2D eigenvalue weighted by Crippen LogP contribution is -2.44. The lowest BCUT2D eigenvalue weighted by Gasteiger charge is -2.25. The Hall–Kier alpha value is -3.82. The molecular weight excluding hydrogens is 879 g/mol. The lowest BCUT2D eigenvalue weighted by molar-refractivity contribution is -0.149. The minimum Gasteiger partial charge on any atom is -0.465 e. The number of amides is 2. The van der Waals surface area contributed by atoms with Crippen molar-refractivity contribution >= 4 is 35.7 Å². The maximum absolute atomic E-state index is 11.9. The molecule has 406 valence electrons. The van der Waals surface area contributed by atoms with Gasteiger partial charge in [-0.05, 0) is 111 Å². The Morgan fingerprint density at radius 1 is 0.594 bits per heavy atom. The van der Waals surface area contributed by atoms with Crippen LogP contribution >= 0.6 is 0 Å². The highest BCUT2D eigenvalue weighted by Crippen LogP contribution is 2.23. The predicted molar refractivity (Wildman–Crippen MR) is 281 cm³/mol. The van der Waals surface area contributed by atoms with E-state index in [0.29, 0.717) is 48.4 Å². The molecule has 0 fully saturated rings. The van der Waals surface area contributed by atoms with Gasteiger partial charge in [0, 0.05) is 11.8 Å². The van der Waals surface area contributed by atoms with Crippen molar-refractivity contribution in [2.75, 3.05) is 33.0 Å². The van der Waals surface area contributed by atoms with Crippen molar-refractivity contribution < 1.29 is 47.7 Å². The summed E-state index contributed by atoms with van der Waals surface area (Å²) in [6, 6.07) is -1.78. The van der Waals surface area contributed by atoms with Crippen LogP contribution in [0.4, 0.5) is 0 Å². The first kappa shape index (κ1) is 71.7. The molecular formula is C54H105N5O10. The molecule has 0 saturated carbocycles. The zero-order valence-corrected chi connectivity index (χ0v) is 46.6. The van der Waals surface area contributed by atoms with Gasteiger partial charge < -0.3 is 46.4 Å². The Balaban J connectivity index is -0.000000416. The van der Waals surface area contributed by atoms with Crippen molar-refractivity contribution in [3.8, 4) is 0 Å². The van der Waals surface area contributed by atoms with Gasteiger partial charge in [-0.3, -0.25) is 24.0 Å². The molecule has 0 spiro atoms. The van der Waals surface area contributed by atoms with Crippen LogP contribution in [0.15, 0.2) is 24.4 Å². The molecule has 1 rings (SSSR count). The number of hydrogen-bond donors (Lipinski definition) is 4. The van der Waals surface area contributed by atoms with Crippen molar-refractivity contribution in [3.05, 3.63) is 24.4 Å². The molecule has 15 heteroatoms. The third kappa shape index (κ3) is 41.7. The minimum absolute atomic E-state index is 0. The largest absolute Gasteiger partial charge is 0.465 e. The fourth-order valence-electron chi connectivity index (χ4n) is 5.37. The highest BCUT2D eigenvalue weighted by Gasteiger charge is 2.29. The van der Waals surface area contributed by atoms with Crippen molar-refractivity contribution in [2.24, 2.45) is 50.2 Å². The smallest absolute Gasteiger partial charge is 0.328 e. The van der Waals surface area contributed by atoms with E-state index in [0.717, 1.165) is 51.4 Å². The SMILES string of the molecule is C.C=C1C=CC(=O)N1CC(=O)NC(C)C(=O)OCCCC(C)(C)C.CC(C)(C)CCCOC(=O)C(C)(C)N.CC(C)(C)CCCOC(=O)C(N)C(C)(C)C.CC(C)C(N)C(=O)OCCCC(C)(C)C. The van der Waals surface area contributed by atoms with Gasteiger partial charge in [0.25, 0.3) is 5.91 Å². The molecule has 7 N–H and O–H groups in total. The molecule has 0 aromatic rings. The maximum Gasteiger partial charge on any atom is 0.328 e. The van der Waals surface area contributed by atoms with Crippen LogP contribution in [-0.2, 0) is 47.7 Å². The summed E-state index contributed by atoms with van der Waals surface area (Å²) in [4.78, 5) is 70.6. The van der Waals surface area contributed by atoms with Gasteiger partial charge in [-0.2, -0.15) is 0 Å². The molecule has 0 aromatic carbocycles. The summed E-state index contributed by atoms with van der Waals surface area (Å²) in [5.74, 6) is -1.95. The normalized spacial score (nSPS) is 14.3. The third-order valence-corrected chi connectivity index (χ3v) is 10.0. The van der Waals surface area contributed by atoms with Gasteiger partial charge in [-0.1, -0.05) is 132 Å². The van der Waals surface area contributed by atoms with E-state index >= 15 is 0 Å². The van der Waals surface area contributed by atoms with E-state index in [1.54, 1.807) is 26.8 Å². The topological polar surface area (TPSA) is 233 Å². The fourth-order valence-corrected chi connectivity index (χ4v) is 5.37. The standard InChI is InChI=1S/C17H26N2O4.C13H27NO2.C12H25NO2.C11H23NO2.CH4/c1-12-7-8-15(21)19(12)11-14(20)18-13(2)16(22)23-10-6-9-17(3,4)5;1-12(2,3)8-7-9-16-11(15)10(14)13(4,5)6;1-9(2)10(13)11(14)15-8-6-7-12(3,4)5;1-10(2,3)7-6-8-14-9(13)11(4,5)12;/h7-8,13H,1,6,9-11H2,2-5H3,(H,18,20);10H,7-9,14H2,1-6H3;9-10H,6-8,13H2,1-5H3;6-8,12H2,1-5H3;1H4. The van der Waals surface area contributed by atoms with E-state index in [9.17, 15) is 28.8 Å². The second-order valence-electron chi connectivity index (χ2n) is 24.7. The minimum atomic E-state index is -0.873. The van der Waals surface area contributed by atoms with Crippen LogP contribution in [0.5, 0.6) is 0 Å². The average Bonchev–Trinajstić information content (AvgIpc) is 3.47. The number of nitrogens with one attached hydrogen (secondary N) is 1. The first-order chi connectivity index (χ1) is 30.5. The Labute approximate surface area is 420 Å². The van der Waals surface area contributed by atoms with Crippen LogP contribution < -0.4 is 22.5 Å². The van der Waals surface area contributed by atoms with Crippen LogP contribution in [-0.4, -0.2) is 97.2 Å². The highest BCUT2D eigenvalue weighted by atomic mass is 16.5. The van der Waals surface area contributed by atoms with Gasteiger partial charge in [0.2, 0.25) is 5.91 Å². The second-order valence-corrected chi connectivity index (χ2v) is 24.7. The number of esters is 4. The van der Waals surface area contributed by atoms with Gasteiger partial charge in [0.1, 0.15) is 30.2 Å². The Kier molecular flexibility index (Phi) is 34.3. The molecule has 1 heterocycles. The number of carbonyl (C=O) groups is 6. The quantitative estimate of drug-likeness (QED) is 0.0506. The summed E-state index contributed by atoms with van der Waals surface area (Å²) < 4.78 is 20.4. The number of rotatable bonds is 20. The van der Waals surface area contributed by atoms with E-state index in [2.05, 4.69) is 95.0 Å². The van der Waals surface area contributed by atoms with Gasteiger partial charge >= 0.3 is 23.9 Å². The molecule has 1 aliphatic heterocycles. The monoisotopic (exact) mass is 984 g/mol. The molecule has 2 amide bonds. The van der Waals surface area contributed by atoms with Gasteiger partial charge in [-0.25, -0.2) is 4.79 Å². The molecule has 3 unspecified atom stereocenters. The first-order valence-electron chi connectivity index (χ1n) is 24.5. The molecule has 0 radical (unpaired) electrons. The van der Waals surface area contributed by atoms with Crippen LogP contribution in [0.1, 0.15) is 197 Å². The Morgan fingerprint density at radius 2 is 0.942 bits per heavy atom. The molecule has 1 aliphatic rings. The maximum atomic E-state index is 11.9. The lowest BCUT2D eigenvalue weighted by atomic mass is 9.87. The summed E-state index contributed by atoms with van der Waals surface area (Å²) in [6.07, 6.45) is 10.5. The van der Waals surface area contributed by atoms with E-state index in [4.69, 9.17) is 36.1 Å². The highest BCUT2D eigenvalue weighted by molar-refractivity contribution is 5.96. The van der Waals surface area contributed by atoms with Crippen LogP contribution in [0.2, 0.25) is 0 Å². The first-order valence-corrected chi connectivity index (χ1v) is 24.5. The van der Waals surface area contributed by atoms with E-state index in [1.807, 2.05) is 34.6 Å². The van der Waals surface area contributed by atoms with Gasteiger partial charge in [0.15, 0.2) is 0 Å². The summed E-state index contributed by atoms with van der Waals surface area (Å²) >= 11 is 0. The molecule has 69 heavy (non-hydrogen) atoms. The summed E-state index contributed by atoms with van der Waals surface area (Å²) in [6.45, 7) is 45.7. The second kappa shape index (κ2) is 32.9. The van der Waals surface area contributed by atoms with E-state index in [-0.39, 0.29) is 54.5 Å². The number of ether oxygens (including phenoxy) is 4. The zero-order chi connectivity index (χ0) is 54.1. The summed E-state index contributed by atoms with van der Waals surface area (Å²) in [7, 11) is 0. The van der Waals surface area contributed by atoms with Gasteiger partial charge in [-0.15, -0.1) is 0 Å². The molecule has 0 aliphatic carbocycles. The Bertz CT molecular complexity index is 1550. The molecule has 0 aromatic heterocycles. The number of carbonyl (C=O) groups excluding carboxylic acids is 6. The van der Waals surface area contributed by atoms with Crippen LogP contribution in [0.25, 0.3) is 0 Å². The molecule has 15 nitrogen and oxygen atoms in total. The predicted octanol–water partition coefficient (Wildman–Crippen LogP) is 9.57. The van der Waals surface area contributed by atoms with Crippen LogP contribution in [0, 0.1) is 33.0 Å². The molecule has 0 bridgehead atoms. The van der Waals surface area contributed by atoms with Crippen LogP contribution in [0.3, 0.4) is 0 Å². The summed E-state index contributed by atoms with van der Waals surface area (Å²) in [5.41, 5.74) is 17.5. The number of hydrogen-bond acceptors (Lipinski definition) is 13.